The molecule has 11 aromatic rings. The first kappa shape index (κ1) is 31.1. The lowest BCUT2D eigenvalue weighted by Crippen LogP contribution is -2.10. The van der Waals surface area contributed by atoms with Gasteiger partial charge in [-0.15, -0.1) is 0 Å². The van der Waals surface area contributed by atoms with Crippen molar-refractivity contribution in [2.45, 2.75) is 0 Å². The van der Waals surface area contributed by atoms with Crippen molar-refractivity contribution in [3.8, 4) is 33.7 Å². The maximum Gasteiger partial charge on any atom is 0.228 e. The second-order valence-corrected chi connectivity index (χ2v) is 13.9. The second kappa shape index (κ2) is 12.6. The van der Waals surface area contributed by atoms with Gasteiger partial charge in [-0.3, -0.25) is 0 Å². The molecule has 0 N–H and O–H groups in total. The van der Waals surface area contributed by atoms with Gasteiger partial charge < -0.3 is 13.7 Å². The van der Waals surface area contributed by atoms with Crippen LogP contribution in [0, 0.1) is 0 Å². The van der Waals surface area contributed by atoms with Crippen molar-refractivity contribution in [1.82, 2.24) is 4.98 Å². The highest BCUT2D eigenvalue weighted by molar-refractivity contribution is 6.22. The molecule has 4 nitrogen and oxygen atoms in total. The predicted octanol–water partition coefficient (Wildman–Crippen LogP) is 14.5. The molecule has 0 spiro atoms. The molecule has 2 aromatic heterocycles. The molecule has 55 heavy (non-hydrogen) atoms. The standard InChI is InChI=1S/C51H32N2O2/c1-2-11-33(12-3-1)35-23-27-40(28-24-35)53(41-29-25-36(26-30-41)38-22-21-34-13-4-5-14-37(34)31-38)45-19-10-17-43-48-47(54-50(43)45)32-39-15-6-7-16-42(39)49(48)51-52-44-18-8-9-20-46(44)55-51/h1-32H. The molecule has 0 saturated carbocycles. The fraction of sp³-hybridized carbons (Fsp3) is 0. The molecule has 11 rings (SSSR count). The molecule has 0 fully saturated rings. The number of aromatic nitrogens is 1. The molecule has 0 bridgehead atoms. The van der Waals surface area contributed by atoms with Crippen molar-refractivity contribution in [2.75, 3.05) is 4.90 Å². The first-order valence-electron chi connectivity index (χ1n) is 18.5. The van der Waals surface area contributed by atoms with E-state index >= 15 is 0 Å². The molecule has 0 atom stereocenters. The first-order chi connectivity index (χ1) is 27.2. The van der Waals surface area contributed by atoms with Crippen molar-refractivity contribution in [3.05, 3.63) is 194 Å². The molecule has 0 amide bonds. The minimum Gasteiger partial charge on any atom is -0.454 e. The van der Waals surface area contributed by atoms with Gasteiger partial charge >= 0.3 is 0 Å². The molecule has 0 saturated heterocycles. The normalized spacial score (nSPS) is 11.6. The van der Waals surface area contributed by atoms with Gasteiger partial charge in [0, 0.05) is 22.1 Å². The third-order valence-corrected chi connectivity index (χ3v) is 10.7. The number of hydrogen-bond donors (Lipinski definition) is 0. The Bertz CT molecular complexity index is 3160. The number of hydrogen-bond acceptors (Lipinski definition) is 4. The maximum absolute atomic E-state index is 6.97. The SMILES string of the molecule is c1ccc(-c2ccc(N(c3ccc(-c4ccc5ccccc5c4)cc3)c3cccc4c3oc3cc5ccccc5c(-c5nc6ccccc6o5)c34)cc2)cc1. The zero-order valence-corrected chi connectivity index (χ0v) is 29.7. The highest BCUT2D eigenvalue weighted by Crippen LogP contribution is 2.47. The van der Waals surface area contributed by atoms with Crippen LogP contribution in [0.2, 0.25) is 0 Å². The van der Waals surface area contributed by atoms with E-state index in [0.717, 1.165) is 77.6 Å². The fourth-order valence-electron chi connectivity index (χ4n) is 8.02. The van der Waals surface area contributed by atoms with Crippen LogP contribution in [0.3, 0.4) is 0 Å². The van der Waals surface area contributed by atoms with Crippen molar-refractivity contribution in [1.29, 1.82) is 0 Å². The zero-order valence-electron chi connectivity index (χ0n) is 29.7. The van der Waals surface area contributed by atoms with Crippen LogP contribution in [0.4, 0.5) is 17.1 Å². The minimum absolute atomic E-state index is 0.578. The summed E-state index contributed by atoms with van der Waals surface area (Å²) in [4.78, 5) is 7.28. The van der Waals surface area contributed by atoms with Crippen LogP contribution < -0.4 is 4.90 Å². The van der Waals surface area contributed by atoms with E-state index < -0.39 is 0 Å². The summed E-state index contributed by atoms with van der Waals surface area (Å²) >= 11 is 0. The second-order valence-electron chi connectivity index (χ2n) is 13.9. The Morgan fingerprint density at radius 3 is 1.80 bits per heavy atom. The molecule has 2 heterocycles. The minimum atomic E-state index is 0.578. The average molecular weight is 705 g/mol. The van der Waals surface area contributed by atoms with E-state index in [1.165, 1.54) is 21.9 Å². The van der Waals surface area contributed by atoms with Crippen LogP contribution >= 0.6 is 0 Å². The number of nitrogens with zero attached hydrogens (tertiary/aromatic N) is 2. The highest BCUT2D eigenvalue weighted by Gasteiger charge is 2.24. The van der Waals surface area contributed by atoms with Gasteiger partial charge in [0.1, 0.15) is 11.1 Å². The molecule has 0 aliphatic rings. The Morgan fingerprint density at radius 1 is 0.400 bits per heavy atom. The Hall–Kier alpha value is -7.43. The van der Waals surface area contributed by atoms with Crippen molar-refractivity contribution in [3.63, 3.8) is 0 Å². The lowest BCUT2D eigenvalue weighted by molar-refractivity contribution is 0.621. The maximum atomic E-state index is 6.97. The molecule has 0 unspecified atom stereocenters. The van der Waals surface area contributed by atoms with Crippen LogP contribution in [0.25, 0.3) is 88.3 Å². The van der Waals surface area contributed by atoms with Crippen LogP contribution in [-0.4, -0.2) is 4.98 Å². The number of benzene rings is 9. The highest BCUT2D eigenvalue weighted by atomic mass is 16.3. The number of para-hydroxylation sites is 3. The van der Waals surface area contributed by atoms with Crippen LogP contribution in [0.5, 0.6) is 0 Å². The summed E-state index contributed by atoms with van der Waals surface area (Å²) in [5, 5.41) is 6.56. The van der Waals surface area contributed by atoms with Gasteiger partial charge in [-0.2, -0.15) is 0 Å². The predicted molar refractivity (Wildman–Crippen MR) is 227 cm³/mol. The Balaban J connectivity index is 1.11. The van der Waals surface area contributed by atoms with Gasteiger partial charge in [0.15, 0.2) is 11.2 Å². The summed E-state index contributed by atoms with van der Waals surface area (Å²) in [5.41, 5.74) is 11.7. The number of anilines is 3. The molecule has 4 heteroatoms. The van der Waals surface area contributed by atoms with Gasteiger partial charge in [-0.05, 0) is 98.4 Å². The zero-order chi connectivity index (χ0) is 36.3. The Kier molecular flexibility index (Phi) is 7.14. The molecule has 0 aliphatic carbocycles. The summed E-state index contributed by atoms with van der Waals surface area (Å²) in [5.74, 6) is 0.578. The number of oxazole rings is 1. The monoisotopic (exact) mass is 704 g/mol. The molecular formula is C51H32N2O2. The van der Waals surface area contributed by atoms with Gasteiger partial charge in [0.05, 0.1) is 11.3 Å². The van der Waals surface area contributed by atoms with E-state index in [4.69, 9.17) is 13.8 Å². The van der Waals surface area contributed by atoms with Gasteiger partial charge in [-0.25, -0.2) is 4.98 Å². The molecule has 258 valence electrons. The van der Waals surface area contributed by atoms with Crippen molar-refractivity contribution >= 4 is 71.6 Å². The number of fused-ring (bicyclic) bond motifs is 6. The van der Waals surface area contributed by atoms with E-state index in [1.54, 1.807) is 0 Å². The Morgan fingerprint density at radius 2 is 1.02 bits per heavy atom. The largest absolute Gasteiger partial charge is 0.454 e. The summed E-state index contributed by atoms with van der Waals surface area (Å²) in [6.45, 7) is 0. The van der Waals surface area contributed by atoms with Crippen LogP contribution in [-0.2, 0) is 0 Å². The number of furan rings is 1. The topological polar surface area (TPSA) is 42.4 Å². The van der Waals surface area contributed by atoms with Crippen LogP contribution in [0.15, 0.2) is 203 Å². The third-order valence-electron chi connectivity index (χ3n) is 10.7. The van der Waals surface area contributed by atoms with E-state index in [0.29, 0.717) is 5.89 Å². The molecular weight excluding hydrogens is 673 g/mol. The van der Waals surface area contributed by atoms with Crippen molar-refractivity contribution < 1.29 is 8.83 Å². The third kappa shape index (κ3) is 5.26. The van der Waals surface area contributed by atoms with Crippen molar-refractivity contribution in [2.24, 2.45) is 0 Å². The Labute approximate surface area is 317 Å². The molecule has 9 aromatic carbocycles. The summed E-state index contributed by atoms with van der Waals surface area (Å²) in [7, 11) is 0. The van der Waals surface area contributed by atoms with E-state index in [9.17, 15) is 0 Å². The van der Waals surface area contributed by atoms with E-state index in [1.807, 2.05) is 30.3 Å². The lowest BCUT2D eigenvalue weighted by atomic mass is 9.98. The smallest absolute Gasteiger partial charge is 0.228 e. The first-order valence-corrected chi connectivity index (χ1v) is 18.5. The summed E-state index contributed by atoms with van der Waals surface area (Å²) in [6.07, 6.45) is 0. The summed E-state index contributed by atoms with van der Waals surface area (Å²) < 4.78 is 13.4. The van der Waals surface area contributed by atoms with Crippen LogP contribution in [0.1, 0.15) is 0 Å². The summed E-state index contributed by atoms with van der Waals surface area (Å²) in [6, 6.07) is 68.1. The lowest BCUT2D eigenvalue weighted by Gasteiger charge is -2.26. The molecule has 0 aliphatic heterocycles. The number of rotatable bonds is 6. The van der Waals surface area contributed by atoms with Gasteiger partial charge in [0.2, 0.25) is 5.89 Å². The van der Waals surface area contributed by atoms with E-state index in [2.05, 4.69) is 169 Å². The fourth-order valence-corrected chi connectivity index (χ4v) is 8.02. The van der Waals surface area contributed by atoms with Gasteiger partial charge in [-0.1, -0.05) is 140 Å². The van der Waals surface area contributed by atoms with Gasteiger partial charge in [0.25, 0.3) is 0 Å². The average Bonchev–Trinajstić information content (AvgIpc) is 3.86. The quantitative estimate of drug-likeness (QED) is 0.173. The molecule has 0 radical (unpaired) electrons. The van der Waals surface area contributed by atoms with E-state index in [-0.39, 0.29) is 0 Å².